The minimum absolute atomic E-state index is 0.0398. The van der Waals surface area contributed by atoms with Crippen LogP contribution in [0.1, 0.15) is 32.4 Å². The van der Waals surface area contributed by atoms with E-state index in [0.717, 1.165) is 40.5 Å². The maximum absolute atomic E-state index is 12.9. The molecular formula is C19H22N6OS. The monoisotopic (exact) mass is 382 g/mol. The van der Waals surface area contributed by atoms with E-state index < -0.39 is 0 Å². The van der Waals surface area contributed by atoms with Crippen molar-refractivity contribution >= 4 is 33.3 Å². The van der Waals surface area contributed by atoms with E-state index in [1.807, 2.05) is 25.7 Å². The van der Waals surface area contributed by atoms with Crippen LogP contribution in [0.5, 0.6) is 0 Å². The third kappa shape index (κ3) is 3.25. The summed E-state index contributed by atoms with van der Waals surface area (Å²) in [5.41, 5.74) is 2.83. The Labute approximate surface area is 162 Å². The van der Waals surface area contributed by atoms with Crippen LogP contribution in [0.25, 0.3) is 10.2 Å². The number of fused-ring (bicyclic) bond motifs is 1. The molecule has 3 aromatic heterocycles. The first kappa shape index (κ1) is 17.8. The lowest BCUT2D eigenvalue weighted by Crippen LogP contribution is -2.49. The first-order valence-corrected chi connectivity index (χ1v) is 9.83. The number of carbonyl (C=O) groups is 1. The minimum Gasteiger partial charge on any atom is -0.352 e. The molecule has 8 heteroatoms. The fourth-order valence-electron chi connectivity index (χ4n) is 3.40. The van der Waals surface area contributed by atoms with Crippen molar-refractivity contribution < 1.29 is 4.79 Å². The first-order valence-electron chi connectivity index (χ1n) is 9.01. The standard InChI is InChI=1S/C19H22N6OS/c1-11-9-15-17(20-10-21-18(15)27-11)24-5-7-25(8-6-24)19(26)16-14(4)22-12(2)13(3)23-16/h9-10H,5-8H2,1-4H3. The number of anilines is 1. The molecule has 0 saturated carbocycles. The fourth-order valence-corrected chi connectivity index (χ4v) is 4.25. The van der Waals surface area contributed by atoms with E-state index in [2.05, 4.69) is 37.8 Å². The van der Waals surface area contributed by atoms with Crippen molar-refractivity contribution in [2.45, 2.75) is 27.7 Å². The van der Waals surface area contributed by atoms with Gasteiger partial charge in [-0.2, -0.15) is 0 Å². The second-order valence-electron chi connectivity index (χ2n) is 6.88. The van der Waals surface area contributed by atoms with Gasteiger partial charge in [0.2, 0.25) is 0 Å². The average Bonchev–Trinajstić information content (AvgIpc) is 3.04. The summed E-state index contributed by atoms with van der Waals surface area (Å²) < 4.78 is 0. The Balaban J connectivity index is 1.52. The highest BCUT2D eigenvalue weighted by Gasteiger charge is 2.26. The predicted molar refractivity (Wildman–Crippen MR) is 107 cm³/mol. The van der Waals surface area contributed by atoms with Crippen molar-refractivity contribution in [2.24, 2.45) is 0 Å². The van der Waals surface area contributed by atoms with E-state index >= 15 is 0 Å². The van der Waals surface area contributed by atoms with Gasteiger partial charge in [0.1, 0.15) is 22.7 Å². The van der Waals surface area contributed by atoms with Crippen molar-refractivity contribution in [1.29, 1.82) is 0 Å². The number of nitrogens with zero attached hydrogens (tertiary/aromatic N) is 6. The number of hydrogen-bond acceptors (Lipinski definition) is 7. The van der Waals surface area contributed by atoms with Crippen molar-refractivity contribution in [1.82, 2.24) is 24.8 Å². The molecular weight excluding hydrogens is 360 g/mol. The van der Waals surface area contributed by atoms with Crippen molar-refractivity contribution in [3.05, 3.63) is 40.0 Å². The van der Waals surface area contributed by atoms with Gasteiger partial charge in [-0.1, -0.05) is 0 Å². The van der Waals surface area contributed by atoms with Gasteiger partial charge < -0.3 is 9.80 Å². The molecule has 0 radical (unpaired) electrons. The van der Waals surface area contributed by atoms with Gasteiger partial charge in [0.05, 0.1) is 22.5 Å². The molecule has 140 valence electrons. The predicted octanol–water partition coefficient (Wildman–Crippen LogP) is 2.68. The molecule has 0 spiro atoms. The zero-order valence-corrected chi connectivity index (χ0v) is 16.8. The molecule has 4 rings (SSSR count). The van der Waals surface area contributed by atoms with Crippen LogP contribution in [0.2, 0.25) is 0 Å². The molecule has 0 N–H and O–H groups in total. The summed E-state index contributed by atoms with van der Waals surface area (Å²) in [6.45, 7) is 10.5. The topological polar surface area (TPSA) is 75.1 Å². The molecule has 1 amide bonds. The highest BCUT2D eigenvalue weighted by Crippen LogP contribution is 2.30. The van der Waals surface area contributed by atoms with Gasteiger partial charge in [0.25, 0.3) is 5.91 Å². The molecule has 0 unspecified atom stereocenters. The highest BCUT2D eigenvalue weighted by atomic mass is 32.1. The molecule has 7 nitrogen and oxygen atoms in total. The van der Waals surface area contributed by atoms with E-state index in [1.165, 1.54) is 4.88 Å². The minimum atomic E-state index is -0.0398. The average molecular weight is 382 g/mol. The summed E-state index contributed by atoms with van der Waals surface area (Å²) in [5, 5.41) is 1.09. The van der Waals surface area contributed by atoms with Gasteiger partial charge in [-0.25, -0.2) is 15.0 Å². The number of carbonyl (C=O) groups excluding carboxylic acids is 1. The molecule has 1 aliphatic heterocycles. The van der Waals surface area contributed by atoms with Crippen molar-refractivity contribution in [3.8, 4) is 0 Å². The smallest absolute Gasteiger partial charge is 0.274 e. The number of piperazine rings is 1. The van der Waals surface area contributed by atoms with Gasteiger partial charge in [0.15, 0.2) is 0 Å². The van der Waals surface area contributed by atoms with Crippen LogP contribution in [0.4, 0.5) is 5.82 Å². The van der Waals surface area contributed by atoms with Crippen LogP contribution in [0.3, 0.4) is 0 Å². The maximum Gasteiger partial charge on any atom is 0.274 e. The lowest BCUT2D eigenvalue weighted by molar-refractivity contribution is 0.0739. The molecule has 3 aromatic rings. The number of hydrogen-bond donors (Lipinski definition) is 0. The lowest BCUT2D eigenvalue weighted by Gasteiger charge is -2.35. The van der Waals surface area contributed by atoms with Crippen LogP contribution >= 0.6 is 11.3 Å². The van der Waals surface area contributed by atoms with E-state index in [9.17, 15) is 4.79 Å². The number of aromatic nitrogens is 4. The van der Waals surface area contributed by atoms with Crippen LogP contribution in [0, 0.1) is 27.7 Å². The second-order valence-corrected chi connectivity index (χ2v) is 8.12. The Morgan fingerprint density at radius 3 is 2.41 bits per heavy atom. The maximum atomic E-state index is 12.9. The molecule has 0 aliphatic carbocycles. The van der Waals surface area contributed by atoms with Crippen molar-refractivity contribution in [2.75, 3.05) is 31.1 Å². The summed E-state index contributed by atoms with van der Waals surface area (Å²) in [7, 11) is 0. The quantitative estimate of drug-likeness (QED) is 0.678. The molecule has 1 fully saturated rings. The lowest BCUT2D eigenvalue weighted by atomic mass is 10.2. The first-order chi connectivity index (χ1) is 12.9. The number of rotatable bonds is 2. The summed E-state index contributed by atoms with van der Waals surface area (Å²) in [5.74, 6) is 0.917. The van der Waals surface area contributed by atoms with Gasteiger partial charge in [-0.05, 0) is 33.8 Å². The Kier molecular flexibility index (Phi) is 4.51. The number of thiophene rings is 1. The number of aryl methyl sites for hydroxylation is 4. The Bertz CT molecular complexity index is 1020. The van der Waals surface area contributed by atoms with E-state index in [0.29, 0.717) is 24.5 Å². The highest BCUT2D eigenvalue weighted by molar-refractivity contribution is 7.18. The van der Waals surface area contributed by atoms with Crippen LogP contribution in [-0.4, -0.2) is 56.9 Å². The molecule has 1 saturated heterocycles. The molecule has 27 heavy (non-hydrogen) atoms. The summed E-state index contributed by atoms with van der Waals surface area (Å²) in [6, 6.07) is 2.14. The van der Waals surface area contributed by atoms with Gasteiger partial charge in [-0.3, -0.25) is 9.78 Å². The van der Waals surface area contributed by atoms with Crippen LogP contribution in [0.15, 0.2) is 12.4 Å². The van der Waals surface area contributed by atoms with Gasteiger partial charge in [-0.15, -0.1) is 11.3 Å². The second kappa shape index (κ2) is 6.84. The van der Waals surface area contributed by atoms with Crippen LogP contribution in [-0.2, 0) is 0 Å². The fraction of sp³-hybridized carbons (Fsp3) is 0.421. The van der Waals surface area contributed by atoms with E-state index in [-0.39, 0.29) is 5.91 Å². The number of amides is 1. The SMILES string of the molecule is Cc1cc2c(N3CCN(C(=O)c4nc(C)c(C)nc4C)CC3)ncnc2s1. The zero-order chi connectivity index (χ0) is 19.1. The van der Waals surface area contributed by atoms with Crippen LogP contribution < -0.4 is 4.90 Å². The summed E-state index contributed by atoms with van der Waals surface area (Å²) in [6.07, 6.45) is 1.62. The van der Waals surface area contributed by atoms with Gasteiger partial charge >= 0.3 is 0 Å². The Morgan fingerprint density at radius 2 is 1.67 bits per heavy atom. The molecule has 0 atom stereocenters. The third-order valence-electron chi connectivity index (χ3n) is 4.98. The third-order valence-corrected chi connectivity index (χ3v) is 5.94. The van der Waals surface area contributed by atoms with Gasteiger partial charge in [0, 0.05) is 31.1 Å². The Morgan fingerprint density at radius 1 is 0.963 bits per heavy atom. The molecule has 0 bridgehead atoms. The summed E-state index contributed by atoms with van der Waals surface area (Å²) in [4.78, 5) is 37.1. The summed E-state index contributed by atoms with van der Waals surface area (Å²) >= 11 is 1.68. The zero-order valence-electron chi connectivity index (χ0n) is 16.0. The Hall–Kier alpha value is -2.61. The largest absolute Gasteiger partial charge is 0.352 e. The van der Waals surface area contributed by atoms with E-state index in [4.69, 9.17) is 0 Å². The molecule has 0 aromatic carbocycles. The van der Waals surface area contributed by atoms with Crippen molar-refractivity contribution in [3.63, 3.8) is 0 Å². The normalized spacial score (nSPS) is 14.8. The molecule has 1 aliphatic rings. The van der Waals surface area contributed by atoms with E-state index in [1.54, 1.807) is 17.7 Å². The molecule has 4 heterocycles.